The lowest BCUT2D eigenvalue weighted by atomic mass is 9.65. The van der Waals surface area contributed by atoms with E-state index < -0.39 is 11.1 Å². The van der Waals surface area contributed by atoms with Gasteiger partial charge in [0.1, 0.15) is 5.75 Å². The fourth-order valence-electron chi connectivity index (χ4n) is 4.17. The van der Waals surface area contributed by atoms with Gasteiger partial charge in [0.15, 0.2) is 0 Å². The zero-order valence-electron chi connectivity index (χ0n) is 13.8. The Kier molecular flexibility index (Phi) is 4.78. The molecular weight excluding hydrogens is 312 g/mol. The first kappa shape index (κ1) is 16.9. The number of phenols is 1. The van der Waals surface area contributed by atoms with E-state index in [1.54, 1.807) is 6.07 Å². The summed E-state index contributed by atoms with van der Waals surface area (Å²) in [5, 5.41) is 9.83. The van der Waals surface area contributed by atoms with Crippen molar-refractivity contribution in [1.29, 1.82) is 0 Å². The highest BCUT2D eigenvalue weighted by Crippen LogP contribution is 2.43. The summed E-state index contributed by atoms with van der Waals surface area (Å²) >= 11 is -2.02. The van der Waals surface area contributed by atoms with Crippen LogP contribution in [0.25, 0.3) is 0 Å². The molecule has 0 saturated carbocycles. The molecule has 0 radical (unpaired) electrons. The second-order valence-corrected chi connectivity index (χ2v) is 8.10. The molecule has 2 fully saturated rings. The van der Waals surface area contributed by atoms with E-state index in [0.29, 0.717) is 17.7 Å². The summed E-state index contributed by atoms with van der Waals surface area (Å²) in [4.78, 5) is 4.53. The zero-order chi connectivity index (χ0) is 16.6. The Labute approximate surface area is 140 Å². The van der Waals surface area contributed by atoms with E-state index in [9.17, 15) is 13.9 Å². The maximum atomic E-state index is 11.0. The van der Waals surface area contributed by atoms with E-state index in [0.717, 1.165) is 32.6 Å². The lowest BCUT2D eigenvalue weighted by molar-refractivity contribution is 0.00199. The number of hydrogen-bond acceptors (Lipinski definition) is 5. The van der Waals surface area contributed by atoms with Crippen LogP contribution in [-0.4, -0.2) is 61.8 Å². The second-order valence-electron chi connectivity index (χ2n) is 7.23. The van der Waals surface area contributed by atoms with Crippen LogP contribution in [0.15, 0.2) is 24.3 Å². The smallest absolute Gasteiger partial charge is 0.115 e. The Hall–Kier alpha value is -0.950. The molecule has 4 unspecified atom stereocenters. The Morgan fingerprint density at radius 3 is 2.87 bits per heavy atom. The summed E-state index contributed by atoms with van der Waals surface area (Å²) in [6.07, 6.45) is 0.986. The van der Waals surface area contributed by atoms with Gasteiger partial charge in [0.25, 0.3) is 0 Å². The number of piperidine rings is 1. The van der Waals surface area contributed by atoms with Gasteiger partial charge in [0, 0.05) is 32.2 Å². The van der Waals surface area contributed by atoms with Gasteiger partial charge in [-0.1, -0.05) is 26.0 Å². The Morgan fingerprint density at radius 2 is 2.17 bits per heavy atom. The molecule has 4 atom stereocenters. The molecule has 5 nitrogen and oxygen atoms in total. The molecule has 2 aliphatic heterocycles. The Bertz CT molecular complexity index is 597. The fraction of sp³-hybridized carbons (Fsp3) is 0.647. The molecule has 2 aliphatic rings. The average molecular weight is 337 g/mol. The lowest BCUT2D eigenvalue weighted by Crippen LogP contribution is -2.61. The summed E-state index contributed by atoms with van der Waals surface area (Å²) in [5.74, 6) is 0.925. The number of phenolic OH excluding ortho intramolecular Hbond substituents is 1. The van der Waals surface area contributed by atoms with Crippen molar-refractivity contribution in [3.05, 3.63) is 29.8 Å². The molecule has 3 rings (SSSR count). The van der Waals surface area contributed by atoms with E-state index >= 15 is 0 Å². The van der Waals surface area contributed by atoms with Crippen molar-refractivity contribution >= 4 is 11.1 Å². The highest BCUT2D eigenvalue weighted by atomic mass is 32.2. The molecule has 0 aromatic heterocycles. The highest BCUT2D eigenvalue weighted by Gasteiger charge is 2.44. The zero-order valence-corrected chi connectivity index (χ0v) is 14.6. The van der Waals surface area contributed by atoms with E-state index in [1.807, 2.05) is 17.0 Å². The van der Waals surface area contributed by atoms with E-state index in [-0.39, 0.29) is 11.3 Å². The molecule has 0 bridgehead atoms. The maximum absolute atomic E-state index is 11.0. The third-order valence-electron chi connectivity index (χ3n) is 5.74. The Balaban J connectivity index is 1.80. The van der Waals surface area contributed by atoms with Crippen molar-refractivity contribution in [2.75, 3.05) is 32.1 Å². The number of fused-ring (bicyclic) bond motifs is 1. The molecule has 1 N–H and O–H groups in total. The summed E-state index contributed by atoms with van der Waals surface area (Å²) in [7, 11) is 0. The Morgan fingerprint density at radius 1 is 1.39 bits per heavy atom. The molecule has 1 aromatic rings. The van der Waals surface area contributed by atoms with Crippen molar-refractivity contribution in [1.82, 2.24) is 9.80 Å². The van der Waals surface area contributed by atoms with Crippen molar-refractivity contribution in [2.45, 2.75) is 31.7 Å². The standard InChI is InChI=1S/C17H26N2O3S/c1-13-10-19-7-6-18(12-23(21)22)11-15(19)9-17(13,2)14-4-3-5-16(20)8-14/h3-5,8,13,15,20H,6-7,9-12H2,1-2H3,(H,21,22)/p-1. The molecule has 0 amide bonds. The van der Waals surface area contributed by atoms with E-state index in [4.69, 9.17) is 0 Å². The third-order valence-corrected chi connectivity index (χ3v) is 6.31. The predicted octanol–water partition coefficient (Wildman–Crippen LogP) is 1.51. The average Bonchev–Trinajstić information content (AvgIpc) is 2.48. The van der Waals surface area contributed by atoms with Crippen LogP contribution < -0.4 is 0 Å². The van der Waals surface area contributed by atoms with Crippen molar-refractivity contribution < 1.29 is 13.9 Å². The van der Waals surface area contributed by atoms with Crippen LogP contribution in [-0.2, 0) is 16.5 Å². The number of piperazine rings is 1. The van der Waals surface area contributed by atoms with Gasteiger partial charge in [-0.3, -0.25) is 14.0 Å². The maximum Gasteiger partial charge on any atom is 0.115 e. The van der Waals surface area contributed by atoms with Gasteiger partial charge in [-0.2, -0.15) is 0 Å². The summed E-state index contributed by atoms with van der Waals surface area (Å²) in [6, 6.07) is 7.95. The van der Waals surface area contributed by atoms with Crippen LogP contribution >= 0.6 is 0 Å². The van der Waals surface area contributed by atoms with Crippen LogP contribution in [0.1, 0.15) is 25.8 Å². The van der Waals surface area contributed by atoms with E-state index in [2.05, 4.69) is 24.8 Å². The summed E-state index contributed by atoms with van der Waals surface area (Å²) < 4.78 is 22.0. The van der Waals surface area contributed by atoms with Gasteiger partial charge >= 0.3 is 0 Å². The SMILES string of the molecule is CC1CN2CCN(CS(=O)[O-])CC2CC1(C)c1cccc(O)c1. The number of nitrogens with zero attached hydrogens (tertiary/aromatic N) is 2. The molecule has 128 valence electrons. The quantitative estimate of drug-likeness (QED) is 0.847. The highest BCUT2D eigenvalue weighted by molar-refractivity contribution is 7.79. The first-order chi connectivity index (χ1) is 10.9. The normalized spacial score (nSPS) is 34.0. The minimum Gasteiger partial charge on any atom is -0.771 e. The van der Waals surface area contributed by atoms with Gasteiger partial charge in [-0.05, 0) is 46.5 Å². The molecule has 0 aliphatic carbocycles. The fourth-order valence-corrected chi connectivity index (χ4v) is 4.70. The van der Waals surface area contributed by atoms with Crippen LogP contribution in [0.3, 0.4) is 0 Å². The molecule has 0 spiro atoms. The lowest BCUT2D eigenvalue weighted by Gasteiger charge is -2.53. The summed E-state index contributed by atoms with van der Waals surface area (Å²) in [6.45, 7) is 8.12. The van der Waals surface area contributed by atoms with Crippen molar-refractivity contribution in [2.24, 2.45) is 5.92 Å². The first-order valence-electron chi connectivity index (χ1n) is 8.20. The number of hydrogen-bond donors (Lipinski definition) is 1. The van der Waals surface area contributed by atoms with Gasteiger partial charge in [0.2, 0.25) is 0 Å². The number of benzene rings is 1. The van der Waals surface area contributed by atoms with Crippen molar-refractivity contribution in [3.63, 3.8) is 0 Å². The minimum atomic E-state index is -2.02. The molecule has 6 heteroatoms. The van der Waals surface area contributed by atoms with E-state index in [1.165, 1.54) is 5.56 Å². The van der Waals surface area contributed by atoms with Crippen molar-refractivity contribution in [3.8, 4) is 5.75 Å². The van der Waals surface area contributed by atoms with Gasteiger partial charge in [-0.15, -0.1) is 0 Å². The summed E-state index contributed by atoms with van der Waals surface area (Å²) in [5.41, 5.74) is 1.17. The largest absolute Gasteiger partial charge is 0.771 e. The van der Waals surface area contributed by atoms with Crippen LogP contribution in [0.2, 0.25) is 0 Å². The van der Waals surface area contributed by atoms with Gasteiger partial charge in [-0.25, -0.2) is 0 Å². The molecule has 1 aromatic carbocycles. The van der Waals surface area contributed by atoms with Gasteiger partial charge < -0.3 is 9.66 Å². The monoisotopic (exact) mass is 337 g/mol. The van der Waals surface area contributed by atoms with Crippen LogP contribution in [0, 0.1) is 5.92 Å². The number of aromatic hydroxyl groups is 1. The third kappa shape index (κ3) is 3.45. The molecule has 2 saturated heterocycles. The van der Waals surface area contributed by atoms with Gasteiger partial charge in [0.05, 0.1) is 5.88 Å². The minimum absolute atomic E-state index is 0.000463. The van der Waals surface area contributed by atoms with Crippen LogP contribution in [0.5, 0.6) is 5.75 Å². The molecular formula is C17H25N2O3S-. The number of rotatable bonds is 3. The molecule has 2 heterocycles. The second kappa shape index (κ2) is 6.51. The van der Waals surface area contributed by atoms with Crippen LogP contribution in [0.4, 0.5) is 0 Å². The topological polar surface area (TPSA) is 66.8 Å². The molecule has 23 heavy (non-hydrogen) atoms. The first-order valence-corrected chi connectivity index (χ1v) is 9.44. The predicted molar refractivity (Wildman–Crippen MR) is 90.0 cm³/mol.